The van der Waals surface area contributed by atoms with Crippen LogP contribution in [0.15, 0.2) is 79.5 Å². The van der Waals surface area contributed by atoms with E-state index in [9.17, 15) is 0 Å². The normalized spacial score (nSPS) is 15.1. The molecule has 0 radical (unpaired) electrons. The summed E-state index contributed by atoms with van der Waals surface area (Å²) in [6.07, 6.45) is 5.02. The molecule has 1 saturated heterocycles. The molecule has 2 heterocycles. The standard InChI is InChI=1S/C27H30N2O/c1-21(26-13-7-6-11-24(26)19-22-9-4-3-5-10-22)23-14-17-29(18-15-23)20-25-12-8-16-28-27(25)30-2/h3-13,16,23H,1,14-15,17-20H2,2H3. The third-order valence-corrected chi connectivity index (χ3v) is 6.12. The second kappa shape index (κ2) is 9.73. The molecule has 0 atom stereocenters. The van der Waals surface area contributed by atoms with Gasteiger partial charge in [0.2, 0.25) is 5.88 Å². The zero-order chi connectivity index (χ0) is 20.8. The number of rotatable bonds is 7. The minimum Gasteiger partial charge on any atom is -0.481 e. The molecule has 3 nitrogen and oxygen atoms in total. The number of benzene rings is 2. The first-order valence-electron chi connectivity index (χ1n) is 10.8. The Hall–Kier alpha value is -2.91. The van der Waals surface area contributed by atoms with Crippen LogP contribution in [0.4, 0.5) is 0 Å². The van der Waals surface area contributed by atoms with Crippen LogP contribution in [0.5, 0.6) is 5.88 Å². The molecule has 3 heteroatoms. The Morgan fingerprint density at radius 2 is 1.67 bits per heavy atom. The Labute approximate surface area is 180 Å². The molecule has 154 valence electrons. The molecule has 0 amide bonds. The molecule has 1 fully saturated rings. The van der Waals surface area contributed by atoms with Gasteiger partial charge < -0.3 is 4.74 Å². The van der Waals surface area contributed by atoms with Gasteiger partial charge in [-0.2, -0.15) is 0 Å². The van der Waals surface area contributed by atoms with Crippen molar-refractivity contribution in [3.05, 3.63) is 102 Å². The van der Waals surface area contributed by atoms with E-state index in [0.29, 0.717) is 5.92 Å². The van der Waals surface area contributed by atoms with Gasteiger partial charge in [0.25, 0.3) is 0 Å². The van der Waals surface area contributed by atoms with E-state index in [4.69, 9.17) is 4.74 Å². The summed E-state index contributed by atoms with van der Waals surface area (Å²) in [5, 5.41) is 0. The number of piperidine rings is 1. The van der Waals surface area contributed by atoms with Gasteiger partial charge >= 0.3 is 0 Å². The molecular formula is C27H30N2O. The molecule has 0 N–H and O–H groups in total. The van der Waals surface area contributed by atoms with Crippen molar-refractivity contribution in [3.63, 3.8) is 0 Å². The summed E-state index contributed by atoms with van der Waals surface area (Å²) in [6.45, 7) is 7.57. The number of pyridine rings is 1. The third kappa shape index (κ3) is 4.80. The van der Waals surface area contributed by atoms with Crippen LogP contribution in [-0.4, -0.2) is 30.1 Å². The van der Waals surface area contributed by atoms with E-state index >= 15 is 0 Å². The summed E-state index contributed by atoms with van der Waals surface area (Å²) in [5.41, 5.74) is 6.49. The Kier molecular flexibility index (Phi) is 6.60. The van der Waals surface area contributed by atoms with Crippen LogP contribution < -0.4 is 4.74 Å². The van der Waals surface area contributed by atoms with Crippen LogP contribution >= 0.6 is 0 Å². The van der Waals surface area contributed by atoms with Crippen LogP contribution in [-0.2, 0) is 13.0 Å². The van der Waals surface area contributed by atoms with Gasteiger partial charge in [-0.1, -0.05) is 67.2 Å². The topological polar surface area (TPSA) is 25.4 Å². The SMILES string of the molecule is C=C(c1ccccc1Cc1ccccc1)C1CCN(Cc2cccnc2OC)CC1. The molecule has 4 rings (SSSR count). The number of aromatic nitrogens is 1. The van der Waals surface area contributed by atoms with E-state index in [2.05, 4.69) is 77.1 Å². The summed E-state index contributed by atoms with van der Waals surface area (Å²) in [5.74, 6) is 1.27. The van der Waals surface area contributed by atoms with Gasteiger partial charge in [0.1, 0.15) is 0 Å². The lowest BCUT2D eigenvalue weighted by molar-refractivity contribution is 0.196. The molecule has 0 spiro atoms. The fourth-order valence-corrected chi connectivity index (χ4v) is 4.43. The number of nitrogens with zero attached hydrogens (tertiary/aromatic N) is 2. The van der Waals surface area contributed by atoms with Gasteiger partial charge in [0.05, 0.1) is 7.11 Å². The van der Waals surface area contributed by atoms with Crippen LogP contribution in [0.2, 0.25) is 0 Å². The summed E-state index contributed by atoms with van der Waals surface area (Å²) in [7, 11) is 1.69. The molecular weight excluding hydrogens is 368 g/mol. The van der Waals surface area contributed by atoms with Crippen molar-refractivity contribution in [2.24, 2.45) is 5.92 Å². The minimum absolute atomic E-state index is 0.536. The van der Waals surface area contributed by atoms with Crippen molar-refractivity contribution in [2.75, 3.05) is 20.2 Å². The van der Waals surface area contributed by atoms with E-state index < -0.39 is 0 Å². The molecule has 1 aliphatic heterocycles. The Balaban J connectivity index is 1.40. The monoisotopic (exact) mass is 398 g/mol. The Bertz CT molecular complexity index is 975. The lowest BCUT2D eigenvalue weighted by Gasteiger charge is -2.33. The van der Waals surface area contributed by atoms with E-state index in [1.54, 1.807) is 13.3 Å². The summed E-state index contributed by atoms with van der Waals surface area (Å²) >= 11 is 0. The molecule has 1 aliphatic rings. The number of hydrogen-bond acceptors (Lipinski definition) is 3. The molecule has 0 aliphatic carbocycles. The van der Waals surface area contributed by atoms with Gasteiger partial charge in [-0.3, -0.25) is 4.90 Å². The van der Waals surface area contributed by atoms with E-state index in [1.165, 1.54) is 22.3 Å². The molecule has 0 unspecified atom stereocenters. The first-order chi connectivity index (χ1) is 14.7. The van der Waals surface area contributed by atoms with Crippen molar-refractivity contribution in [1.29, 1.82) is 0 Å². The predicted octanol–water partition coefficient (Wildman–Crippen LogP) is 5.61. The smallest absolute Gasteiger partial charge is 0.217 e. The van der Waals surface area contributed by atoms with E-state index in [-0.39, 0.29) is 0 Å². The molecule has 2 aromatic carbocycles. The zero-order valence-corrected chi connectivity index (χ0v) is 17.8. The minimum atomic E-state index is 0.536. The Morgan fingerprint density at radius 3 is 2.43 bits per heavy atom. The maximum absolute atomic E-state index is 5.41. The van der Waals surface area contributed by atoms with Gasteiger partial charge in [0, 0.05) is 18.3 Å². The van der Waals surface area contributed by atoms with Crippen LogP contribution in [0.3, 0.4) is 0 Å². The van der Waals surface area contributed by atoms with E-state index in [0.717, 1.165) is 50.3 Å². The quantitative estimate of drug-likeness (QED) is 0.517. The van der Waals surface area contributed by atoms with Crippen molar-refractivity contribution in [1.82, 2.24) is 9.88 Å². The van der Waals surface area contributed by atoms with Crippen LogP contribution in [0.25, 0.3) is 5.57 Å². The van der Waals surface area contributed by atoms with Gasteiger partial charge in [0.15, 0.2) is 0 Å². The van der Waals surface area contributed by atoms with Gasteiger partial charge in [-0.15, -0.1) is 0 Å². The number of ether oxygens (including phenoxy) is 1. The summed E-state index contributed by atoms with van der Waals surface area (Å²) in [4.78, 5) is 6.83. The highest BCUT2D eigenvalue weighted by atomic mass is 16.5. The number of hydrogen-bond donors (Lipinski definition) is 0. The number of allylic oxidation sites excluding steroid dienone is 1. The second-order valence-electron chi connectivity index (χ2n) is 8.07. The summed E-state index contributed by atoms with van der Waals surface area (Å²) in [6, 6.07) is 23.5. The molecule has 1 aromatic heterocycles. The molecule has 0 saturated carbocycles. The van der Waals surface area contributed by atoms with Gasteiger partial charge in [-0.05, 0) is 66.6 Å². The van der Waals surface area contributed by atoms with Gasteiger partial charge in [-0.25, -0.2) is 4.98 Å². The maximum atomic E-state index is 5.41. The van der Waals surface area contributed by atoms with E-state index in [1.807, 2.05) is 6.07 Å². The highest BCUT2D eigenvalue weighted by Crippen LogP contribution is 2.33. The van der Waals surface area contributed by atoms with Crippen LogP contribution in [0, 0.1) is 5.92 Å². The predicted molar refractivity (Wildman–Crippen MR) is 124 cm³/mol. The highest BCUT2D eigenvalue weighted by molar-refractivity contribution is 5.68. The third-order valence-electron chi connectivity index (χ3n) is 6.12. The maximum Gasteiger partial charge on any atom is 0.217 e. The largest absolute Gasteiger partial charge is 0.481 e. The highest BCUT2D eigenvalue weighted by Gasteiger charge is 2.24. The lowest BCUT2D eigenvalue weighted by Crippen LogP contribution is -2.33. The van der Waals surface area contributed by atoms with Crippen LogP contribution in [0.1, 0.15) is 35.1 Å². The van der Waals surface area contributed by atoms with Crippen molar-refractivity contribution in [2.45, 2.75) is 25.8 Å². The van der Waals surface area contributed by atoms with Crippen molar-refractivity contribution < 1.29 is 4.74 Å². The second-order valence-corrected chi connectivity index (χ2v) is 8.07. The zero-order valence-electron chi connectivity index (χ0n) is 17.8. The van der Waals surface area contributed by atoms with Crippen molar-refractivity contribution in [3.8, 4) is 5.88 Å². The fourth-order valence-electron chi connectivity index (χ4n) is 4.43. The fraction of sp³-hybridized carbons (Fsp3) is 0.296. The molecule has 3 aromatic rings. The van der Waals surface area contributed by atoms with Crippen molar-refractivity contribution >= 4 is 5.57 Å². The Morgan fingerprint density at radius 1 is 0.967 bits per heavy atom. The number of methoxy groups -OCH3 is 1. The average molecular weight is 399 g/mol. The molecule has 0 bridgehead atoms. The first kappa shape index (κ1) is 20.4. The molecule has 30 heavy (non-hydrogen) atoms. The lowest BCUT2D eigenvalue weighted by atomic mass is 9.83. The first-order valence-corrected chi connectivity index (χ1v) is 10.8. The number of likely N-dealkylation sites (tertiary alicyclic amines) is 1. The summed E-state index contributed by atoms with van der Waals surface area (Å²) < 4.78 is 5.41. The average Bonchev–Trinajstić information content (AvgIpc) is 2.80.